The first-order chi connectivity index (χ1) is 9.86. The molecule has 2 saturated carbocycles. The average molecular weight is 273 g/mol. The van der Waals surface area contributed by atoms with E-state index in [1.165, 1.54) is 56.4 Å². The number of hydrogen-bond acceptors (Lipinski definition) is 3. The fourth-order valence-electron chi connectivity index (χ4n) is 2.74. The van der Waals surface area contributed by atoms with Crippen LogP contribution in [-0.2, 0) is 6.54 Å². The third kappa shape index (κ3) is 3.95. The third-order valence-corrected chi connectivity index (χ3v) is 4.32. The highest BCUT2D eigenvalue weighted by Gasteiger charge is 2.30. The molecular formula is C17H27N3. The molecule has 0 aliphatic heterocycles. The average Bonchev–Trinajstić information content (AvgIpc) is 3.34. The zero-order valence-corrected chi connectivity index (χ0v) is 12.6. The summed E-state index contributed by atoms with van der Waals surface area (Å²) in [6.07, 6.45) is 10.9. The Labute approximate surface area is 122 Å². The Hall–Kier alpha value is -1.09. The number of pyridine rings is 1. The van der Waals surface area contributed by atoms with E-state index in [-0.39, 0.29) is 0 Å². The minimum Gasteiger partial charge on any atom is -0.369 e. The highest BCUT2D eigenvalue weighted by molar-refractivity contribution is 5.52. The van der Waals surface area contributed by atoms with Crippen LogP contribution in [0.1, 0.15) is 44.6 Å². The molecule has 20 heavy (non-hydrogen) atoms. The van der Waals surface area contributed by atoms with E-state index in [0.29, 0.717) is 0 Å². The van der Waals surface area contributed by atoms with Crippen molar-refractivity contribution in [3.8, 4) is 0 Å². The van der Waals surface area contributed by atoms with E-state index in [1.807, 2.05) is 6.20 Å². The van der Waals surface area contributed by atoms with Gasteiger partial charge in [-0.2, -0.15) is 0 Å². The Kier molecular flexibility index (Phi) is 4.56. The quantitative estimate of drug-likeness (QED) is 0.700. The van der Waals surface area contributed by atoms with Crippen LogP contribution in [-0.4, -0.2) is 24.6 Å². The molecule has 2 fully saturated rings. The molecule has 3 heteroatoms. The minimum absolute atomic E-state index is 0.936. The maximum Gasteiger partial charge on any atom is 0.0598 e. The van der Waals surface area contributed by atoms with Crippen molar-refractivity contribution < 1.29 is 0 Å². The van der Waals surface area contributed by atoms with Crippen LogP contribution in [0, 0.1) is 11.8 Å². The van der Waals surface area contributed by atoms with Crippen molar-refractivity contribution in [2.75, 3.05) is 24.5 Å². The van der Waals surface area contributed by atoms with Gasteiger partial charge < -0.3 is 10.2 Å². The molecule has 0 spiro atoms. The van der Waals surface area contributed by atoms with Crippen LogP contribution in [0.3, 0.4) is 0 Å². The number of hydrogen-bond donors (Lipinski definition) is 1. The molecular weight excluding hydrogens is 246 g/mol. The predicted molar refractivity (Wildman–Crippen MR) is 83.9 cm³/mol. The van der Waals surface area contributed by atoms with Crippen LogP contribution in [0.5, 0.6) is 0 Å². The number of nitrogens with one attached hydrogen (secondary N) is 1. The molecule has 1 aromatic rings. The van der Waals surface area contributed by atoms with E-state index in [1.54, 1.807) is 0 Å². The van der Waals surface area contributed by atoms with Gasteiger partial charge in [0.15, 0.2) is 0 Å². The molecule has 0 radical (unpaired) electrons. The Bertz CT molecular complexity index is 410. The Morgan fingerprint density at radius 2 is 1.90 bits per heavy atom. The molecule has 0 unspecified atom stereocenters. The van der Waals surface area contributed by atoms with E-state index in [2.05, 4.69) is 34.4 Å². The topological polar surface area (TPSA) is 28.2 Å². The highest BCUT2D eigenvalue weighted by Crippen LogP contribution is 2.36. The van der Waals surface area contributed by atoms with Crippen molar-refractivity contribution in [1.29, 1.82) is 0 Å². The zero-order chi connectivity index (χ0) is 13.8. The van der Waals surface area contributed by atoms with Gasteiger partial charge in [-0.25, -0.2) is 0 Å². The Morgan fingerprint density at radius 1 is 1.20 bits per heavy atom. The molecule has 0 aromatic carbocycles. The van der Waals surface area contributed by atoms with Crippen LogP contribution in [0.25, 0.3) is 0 Å². The normalized spacial score (nSPS) is 18.2. The van der Waals surface area contributed by atoms with E-state index in [0.717, 1.165) is 24.9 Å². The van der Waals surface area contributed by atoms with Crippen molar-refractivity contribution in [3.05, 3.63) is 24.0 Å². The molecule has 2 aliphatic carbocycles. The third-order valence-electron chi connectivity index (χ3n) is 4.32. The van der Waals surface area contributed by atoms with E-state index < -0.39 is 0 Å². The highest BCUT2D eigenvalue weighted by atomic mass is 15.1. The van der Waals surface area contributed by atoms with Gasteiger partial charge >= 0.3 is 0 Å². The molecule has 2 aliphatic rings. The molecule has 1 heterocycles. The second kappa shape index (κ2) is 6.57. The number of rotatable bonds is 9. The van der Waals surface area contributed by atoms with Crippen LogP contribution < -0.4 is 10.2 Å². The minimum atomic E-state index is 0.936. The number of nitrogens with zero attached hydrogens (tertiary/aromatic N) is 2. The summed E-state index contributed by atoms with van der Waals surface area (Å²) < 4.78 is 0. The van der Waals surface area contributed by atoms with Crippen molar-refractivity contribution >= 4 is 5.69 Å². The summed E-state index contributed by atoms with van der Waals surface area (Å²) in [7, 11) is 0. The van der Waals surface area contributed by atoms with E-state index >= 15 is 0 Å². The molecule has 1 aromatic heterocycles. The van der Waals surface area contributed by atoms with Gasteiger partial charge in [0.05, 0.1) is 11.9 Å². The van der Waals surface area contributed by atoms with Crippen LogP contribution in [0.15, 0.2) is 18.5 Å². The van der Waals surface area contributed by atoms with Gasteiger partial charge in [0.2, 0.25) is 0 Å². The van der Waals surface area contributed by atoms with Gasteiger partial charge in [0, 0.05) is 25.8 Å². The van der Waals surface area contributed by atoms with Crippen molar-refractivity contribution in [2.24, 2.45) is 11.8 Å². The lowest BCUT2D eigenvalue weighted by Crippen LogP contribution is -2.30. The zero-order valence-electron chi connectivity index (χ0n) is 12.6. The van der Waals surface area contributed by atoms with Crippen molar-refractivity contribution in [1.82, 2.24) is 10.3 Å². The molecule has 0 amide bonds. The van der Waals surface area contributed by atoms with Gasteiger partial charge in [-0.15, -0.1) is 0 Å². The lowest BCUT2D eigenvalue weighted by Gasteiger charge is -2.27. The molecule has 3 nitrogen and oxygen atoms in total. The summed E-state index contributed by atoms with van der Waals surface area (Å²) in [6, 6.07) is 2.19. The van der Waals surface area contributed by atoms with Crippen LogP contribution in [0.4, 0.5) is 5.69 Å². The lowest BCUT2D eigenvalue weighted by molar-refractivity contribution is 0.653. The maximum atomic E-state index is 4.38. The maximum absolute atomic E-state index is 4.38. The van der Waals surface area contributed by atoms with Gasteiger partial charge in [0.25, 0.3) is 0 Å². The monoisotopic (exact) mass is 273 g/mol. The Balaban J connectivity index is 1.69. The summed E-state index contributed by atoms with van der Waals surface area (Å²) in [5.41, 5.74) is 2.78. The summed E-state index contributed by atoms with van der Waals surface area (Å²) in [5.74, 6) is 1.87. The summed E-state index contributed by atoms with van der Waals surface area (Å²) in [5, 5.41) is 3.53. The fourth-order valence-corrected chi connectivity index (χ4v) is 2.74. The number of aromatic nitrogens is 1. The van der Waals surface area contributed by atoms with E-state index in [9.17, 15) is 0 Å². The standard InChI is InChI=1S/C17H27N3/c1-2-8-18-10-16-7-9-19-11-17(16)20(12-14-3-4-14)13-15-5-6-15/h7,9,11,14-15,18H,2-6,8,10,12-13H2,1H3. The SMILES string of the molecule is CCCNCc1ccncc1N(CC1CC1)CC1CC1. The largest absolute Gasteiger partial charge is 0.369 e. The molecule has 0 saturated heterocycles. The molecule has 0 bridgehead atoms. The summed E-state index contributed by atoms with van der Waals surface area (Å²) in [4.78, 5) is 7.00. The van der Waals surface area contributed by atoms with Crippen molar-refractivity contribution in [3.63, 3.8) is 0 Å². The van der Waals surface area contributed by atoms with Gasteiger partial charge in [-0.3, -0.25) is 4.98 Å². The lowest BCUT2D eigenvalue weighted by atomic mass is 10.1. The van der Waals surface area contributed by atoms with E-state index in [4.69, 9.17) is 0 Å². The van der Waals surface area contributed by atoms with Gasteiger partial charge in [0.1, 0.15) is 0 Å². The summed E-state index contributed by atoms with van der Waals surface area (Å²) >= 11 is 0. The van der Waals surface area contributed by atoms with Crippen LogP contribution in [0.2, 0.25) is 0 Å². The number of anilines is 1. The smallest absolute Gasteiger partial charge is 0.0598 e. The summed E-state index contributed by atoms with van der Waals surface area (Å²) in [6.45, 7) is 6.75. The van der Waals surface area contributed by atoms with Gasteiger partial charge in [-0.1, -0.05) is 6.92 Å². The second-order valence-electron chi connectivity index (χ2n) is 6.47. The molecule has 1 N–H and O–H groups in total. The van der Waals surface area contributed by atoms with Crippen molar-refractivity contribution in [2.45, 2.75) is 45.6 Å². The predicted octanol–water partition coefficient (Wildman–Crippen LogP) is 3.21. The Morgan fingerprint density at radius 3 is 2.50 bits per heavy atom. The van der Waals surface area contributed by atoms with Gasteiger partial charge in [-0.05, 0) is 62.1 Å². The fraction of sp³-hybridized carbons (Fsp3) is 0.706. The first-order valence-corrected chi connectivity index (χ1v) is 8.25. The molecule has 0 atom stereocenters. The van der Waals surface area contributed by atoms with Crippen LogP contribution >= 0.6 is 0 Å². The molecule has 3 rings (SSSR count). The first-order valence-electron chi connectivity index (χ1n) is 8.25. The first kappa shape index (κ1) is 13.9. The molecule has 110 valence electrons. The second-order valence-corrected chi connectivity index (χ2v) is 6.47.